The highest BCUT2D eigenvalue weighted by atomic mass is 32.1. The SMILES string of the molecule is COc1ccc2[nH]cc(CCN3C(=O)C(O)=C(C(=O)Cc4ccccc4)[C@@H]3c3cccs3)c2c1. The Morgan fingerprint density at radius 1 is 1.15 bits per heavy atom. The molecule has 2 aromatic heterocycles. The van der Waals surface area contributed by atoms with E-state index >= 15 is 0 Å². The van der Waals surface area contributed by atoms with Gasteiger partial charge in [-0.3, -0.25) is 9.59 Å². The van der Waals surface area contributed by atoms with E-state index in [0.717, 1.165) is 32.7 Å². The molecule has 34 heavy (non-hydrogen) atoms. The van der Waals surface area contributed by atoms with Gasteiger partial charge >= 0.3 is 0 Å². The number of carbonyl (C=O) groups excluding carboxylic acids is 2. The zero-order chi connectivity index (χ0) is 23.7. The van der Waals surface area contributed by atoms with Crippen molar-refractivity contribution in [3.05, 3.63) is 99.6 Å². The second kappa shape index (κ2) is 9.19. The van der Waals surface area contributed by atoms with Gasteiger partial charge in [0.2, 0.25) is 0 Å². The molecule has 2 aromatic carbocycles. The number of hydrogen-bond donors (Lipinski definition) is 2. The van der Waals surface area contributed by atoms with Crippen molar-refractivity contribution in [1.82, 2.24) is 9.88 Å². The van der Waals surface area contributed by atoms with Crippen LogP contribution in [0.4, 0.5) is 0 Å². The Kier molecular flexibility index (Phi) is 5.94. The predicted molar refractivity (Wildman–Crippen MR) is 132 cm³/mol. The normalized spacial score (nSPS) is 16.0. The number of thiophene rings is 1. The van der Waals surface area contributed by atoms with Crippen LogP contribution in [-0.2, 0) is 22.4 Å². The van der Waals surface area contributed by atoms with Gasteiger partial charge in [0.05, 0.1) is 18.7 Å². The Balaban J connectivity index is 1.43. The Morgan fingerprint density at radius 3 is 2.71 bits per heavy atom. The van der Waals surface area contributed by atoms with Gasteiger partial charge in [-0.05, 0) is 47.2 Å². The number of ether oxygens (including phenoxy) is 1. The van der Waals surface area contributed by atoms with Crippen LogP contribution in [0.5, 0.6) is 5.75 Å². The molecular weight excluding hydrogens is 448 g/mol. The molecule has 1 atom stereocenters. The highest BCUT2D eigenvalue weighted by Gasteiger charge is 2.43. The number of benzene rings is 2. The summed E-state index contributed by atoms with van der Waals surface area (Å²) >= 11 is 1.47. The number of rotatable bonds is 8. The van der Waals surface area contributed by atoms with Crippen LogP contribution in [0.3, 0.4) is 0 Å². The third-order valence-electron chi connectivity index (χ3n) is 6.22. The van der Waals surface area contributed by atoms with Crippen LogP contribution in [0.25, 0.3) is 10.9 Å². The van der Waals surface area contributed by atoms with Crippen LogP contribution in [-0.4, -0.2) is 40.3 Å². The van der Waals surface area contributed by atoms with Gasteiger partial charge in [-0.15, -0.1) is 11.3 Å². The lowest BCUT2D eigenvalue weighted by molar-refractivity contribution is -0.129. The Morgan fingerprint density at radius 2 is 1.97 bits per heavy atom. The summed E-state index contributed by atoms with van der Waals surface area (Å²) in [5.74, 6) is -0.433. The van der Waals surface area contributed by atoms with Crippen LogP contribution in [0.2, 0.25) is 0 Å². The number of aliphatic hydroxyl groups is 1. The van der Waals surface area contributed by atoms with Crippen molar-refractivity contribution >= 4 is 33.9 Å². The number of Topliss-reactive ketones (excluding diaryl/α,β-unsaturated/α-hetero) is 1. The zero-order valence-corrected chi connectivity index (χ0v) is 19.5. The number of hydrogen-bond acceptors (Lipinski definition) is 5. The van der Waals surface area contributed by atoms with E-state index in [1.807, 2.05) is 72.2 Å². The summed E-state index contributed by atoms with van der Waals surface area (Å²) in [6, 6.07) is 18.4. The first kappa shape index (κ1) is 22.0. The number of aliphatic hydroxyl groups excluding tert-OH is 1. The van der Waals surface area contributed by atoms with E-state index in [4.69, 9.17) is 4.74 Å². The first-order chi connectivity index (χ1) is 16.6. The first-order valence-electron chi connectivity index (χ1n) is 11.1. The third kappa shape index (κ3) is 3.99. The average molecular weight is 473 g/mol. The zero-order valence-electron chi connectivity index (χ0n) is 18.7. The van der Waals surface area contributed by atoms with Crippen molar-refractivity contribution in [1.29, 1.82) is 0 Å². The molecule has 0 radical (unpaired) electrons. The number of ketones is 1. The van der Waals surface area contributed by atoms with E-state index in [9.17, 15) is 14.7 Å². The number of nitrogens with one attached hydrogen (secondary N) is 1. The molecule has 0 unspecified atom stereocenters. The molecule has 5 rings (SSSR count). The number of amides is 1. The van der Waals surface area contributed by atoms with Gasteiger partial charge in [0.15, 0.2) is 11.5 Å². The smallest absolute Gasteiger partial charge is 0.290 e. The molecule has 1 amide bonds. The number of nitrogens with zero attached hydrogens (tertiary/aromatic N) is 1. The molecule has 0 spiro atoms. The molecule has 6 nitrogen and oxygen atoms in total. The standard InChI is InChI=1S/C27H24N2O4S/c1-33-19-9-10-21-20(15-19)18(16-28-21)11-12-29-25(23-8-5-13-34-23)24(26(31)27(29)32)22(30)14-17-6-3-2-4-7-17/h2-10,13,15-16,25,28,31H,11-12,14H2,1H3/t25-/m0/s1. The van der Waals surface area contributed by atoms with E-state index in [0.29, 0.717) is 13.0 Å². The Hall–Kier alpha value is -3.84. The van der Waals surface area contributed by atoms with Crippen molar-refractivity contribution in [3.8, 4) is 5.75 Å². The fourth-order valence-corrected chi connectivity index (χ4v) is 5.37. The molecule has 4 aromatic rings. The summed E-state index contributed by atoms with van der Waals surface area (Å²) < 4.78 is 5.36. The van der Waals surface area contributed by atoms with Crippen molar-refractivity contribution in [2.24, 2.45) is 0 Å². The molecule has 2 N–H and O–H groups in total. The van der Waals surface area contributed by atoms with E-state index < -0.39 is 17.7 Å². The minimum atomic E-state index is -0.594. The van der Waals surface area contributed by atoms with E-state index in [-0.39, 0.29) is 17.8 Å². The fourth-order valence-electron chi connectivity index (χ4n) is 4.52. The number of aromatic amines is 1. The lowest BCUT2D eigenvalue weighted by atomic mass is 9.97. The van der Waals surface area contributed by atoms with Crippen LogP contribution >= 0.6 is 11.3 Å². The molecular formula is C27H24N2O4S. The molecule has 3 heterocycles. The van der Waals surface area contributed by atoms with Crippen molar-refractivity contribution < 1.29 is 19.4 Å². The molecule has 0 saturated heterocycles. The van der Waals surface area contributed by atoms with Gasteiger partial charge in [0.1, 0.15) is 5.75 Å². The predicted octanol–water partition coefficient (Wildman–Crippen LogP) is 4.99. The topological polar surface area (TPSA) is 82.6 Å². The van der Waals surface area contributed by atoms with Gasteiger partial charge in [-0.2, -0.15) is 0 Å². The maximum absolute atomic E-state index is 13.3. The number of carbonyl (C=O) groups is 2. The maximum Gasteiger partial charge on any atom is 0.290 e. The summed E-state index contributed by atoms with van der Waals surface area (Å²) in [6.45, 7) is 0.359. The minimum absolute atomic E-state index is 0.130. The summed E-state index contributed by atoms with van der Waals surface area (Å²) in [5.41, 5.74) is 3.04. The van der Waals surface area contributed by atoms with Gasteiger partial charge in [0.25, 0.3) is 5.91 Å². The Bertz CT molecular complexity index is 1370. The fraction of sp³-hybridized carbons (Fsp3) is 0.185. The molecule has 0 saturated carbocycles. The molecule has 0 bridgehead atoms. The monoisotopic (exact) mass is 472 g/mol. The van der Waals surface area contributed by atoms with Crippen LogP contribution in [0.1, 0.15) is 22.0 Å². The highest BCUT2D eigenvalue weighted by molar-refractivity contribution is 7.10. The van der Waals surface area contributed by atoms with Gasteiger partial charge < -0.3 is 19.7 Å². The molecule has 1 aliphatic rings. The second-order valence-corrected chi connectivity index (χ2v) is 9.22. The molecule has 7 heteroatoms. The lowest BCUT2D eigenvalue weighted by Gasteiger charge is -2.25. The maximum atomic E-state index is 13.3. The quantitative estimate of drug-likeness (QED) is 0.379. The third-order valence-corrected chi connectivity index (χ3v) is 7.15. The Labute approximate surface area is 201 Å². The lowest BCUT2D eigenvalue weighted by Crippen LogP contribution is -2.32. The average Bonchev–Trinajstić information content (AvgIpc) is 3.58. The van der Waals surface area contributed by atoms with E-state index in [2.05, 4.69) is 4.98 Å². The highest BCUT2D eigenvalue weighted by Crippen LogP contribution is 2.40. The summed E-state index contributed by atoms with van der Waals surface area (Å²) in [7, 11) is 1.63. The number of methoxy groups -OCH3 is 1. The van der Waals surface area contributed by atoms with Crippen LogP contribution in [0, 0.1) is 0 Å². The number of H-pyrrole nitrogens is 1. The molecule has 0 aliphatic carbocycles. The number of fused-ring (bicyclic) bond motifs is 1. The van der Waals surface area contributed by atoms with E-state index in [1.54, 1.807) is 12.0 Å². The van der Waals surface area contributed by atoms with Crippen molar-refractivity contribution in [2.75, 3.05) is 13.7 Å². The van der Waals surface area contributed by atoms with Gasteiger partial charge in [-0.25, -0.2) is 0 Å². The summed E-state index contributed by atoms with van der Waals surface area (Å²) in [6.07, 6.45) is 2.62. The molecule has 0 fully saturated rings. The van der Waals surface area contributed by atoms with Crippen LogP contribution < -0.4 is 4.74 Å². The summed E-state index contributed by atoms with van der Waals surface area (Å²) in [4.78, 5) is 32.2. The minimum Gasteiger partial charge on any atom is -0.503 e. The van der Waals surface area contributed by atoms with E-state index in [1.165, 1.54) is 11.3 Å². The molecule has 172 valence electrons. The molecule has 1 aliphatic heterocycles. The number of aromatic nitrogens is 1. The van der Waals surface area contributed by atoms with Crippen molar-refractivity contribution in [3.63, 3.8) is 0 Å². The second-order valence-electron chi connectivity index (χ2n) is 8.24. The largest absolute Gasteiger partial charge is 0.503 e. The van der Waals surface area contributed by atoms with Crippen molar-refractivity contribution in [2.45, 2.75) is 18.9 Å². The van der Waals surface area contributed by atoms with Gasteiger partial charge in [-0.1, -0.05) is 36.4 Å². The van der Waals surface area contributed by atoms with Crippen LogP contribution in [0.15, 0.2) is 83.6 Å². The first-order valence-corrected chi connectivity index (χ1v) is 11.9. The summed E-state index contributed by atoms with van der Waals surface area (Å²) in [5, 5.41) is 13.7. The van der Waals surface area contributed by atoms with Gasteiger partial charge in [0, 0.05) is 34.9 Å².